The number of hydrogen-bond donors (Lipinski definition) is 3. The van der Waals surface area contributed by atoms with Gasteiger partial charge in [-0.3, -0.25) is 37.3 Å². The van der Waals surface area contributed by atoms with Crippen LogP contribution in [0.5, 0.6) is 0 Å². The average molecular weight is 1370 g/mol. The van der Waals surface area contributed by atoms with Gasteiger partial charge in [0.25, 0.3) is 0 Å². The highest BCUT2D eigenvalue weighted by Crippen LogP contribution is 2.45. The van der Waals surface area contributed by atoms with E-state index >= 15 is 0 Å². The molecule has 0 radical (unpaired) electrons. The highest BCUT2D eigenvalue weighted by atomic mass is 31.2. The Labute approximate surface area is 568 Å². The molecular weight excluding hydrogens is 1220 g/mol. The van der Waals surface area contributed by atoms with Gasteiger partial charge in [-0.1, -0.05) is 336 Å². The molecule has 0 fully saturated rings. The molecule has 0 bridgehead atoms. The van der Waals surface area contributed by atoms with E-state index in [0.29, 0.717) is 25.7 Å². The summed E-state index contributed by atoms with van der Waals surface area (Å²) in [4.78, 5) is 72.8. The number of phosphoric acid groups is 2. The fourth-order valence-electron chi connectivity index (χ4n) is 11.3. The minimum atomic E-state index is -4.95. The summed E-state index contributed by atoms with van der Waals surface area (Å²) in [6.45, 7) is 7.28. The van der Waals surface area contributed by atoms with E-state index in [1.165, 1.54) is 212 Å². The predicted molar refractivity (Wildman–Crippen MR) is 377 cm³/mol. The number of esters is 4. The number of rotatable bonds is 74. The molecule has 17 nitrogen and oxygen atoms in total. The molecule has 0 saturated carbocycles. The second-order valence-electron chi connectivity index (χ2n) is 26.9. The number of aliphatic hydroxyl groups is 1. The number of carbonyl (C=O) groups excluding carboxylic acids is 4. The van der Waals surface area contributed by atoms with Crippen LogP contribution in [-0.2, 0) is 65.4 Å². The van der Waals surface area contributed by atoms with Crippen molar-refractivity contribution in [1.82, 2.24) is 0 Å². The van der Waals surface area contributed by atoms with E-state index in [1.807, 2.05) is 0 Å². The fraction of sp³-hybridized carbons (Fsp3) is 0.946. The molecule has 19 heteroatoms. The first-order valence-electron chi connectivity index (χ1n) is 38.7. The third-order valence-corrected chi connectivity index (χ3v) is 19.5. The highest BCUT2D eigenvalue weighted by molar-refractivity contribution is 7.47. The predicted octanol–water partition coefficient (Wildman–Crippen LogP) is 21.7. The lowest BCUT2D eigenvalue weighted by Gasteiger charge is -2.21. The Hall–Kier alpha value is -1.94. The molecule has 0 heterocycles. The monoisotopic (exact) mass is 1370 g/mol. The van der Waals surface area contributed by atoms with Gasteiger partial charge in [0.05, 0.1) is 26.4 Å². The van der Waals surface area contributed by atoms with E-state index in [4.69, 9.17) is 37.0 Å². The Bertz CT molecular complexity index is 1790. The molecule has 93 heavy (non-hydrogen) atoms. The maximum Gasteiger partial charge on any atom is 0.472 e. The summed E-state index contributed by atoms with van der Waals surface area (Å²) in [6.07, 6.45) is 55.2. The van der Waals surface area contributed by atoms with E-state index in [1.54, 1.807) is 0 Å². The molecule has 0 aromatic rings. The molecule has 0 aliphatic rings. The zero-order valence-corrected chi connectivity index (χ0v) is 62.2. The fourth-order valence-corrected chi connectivity index (χ4v) is 12.9. The minimum absolute atomic E-state index is 0.106. The van der Waals surface area contributed by atoms with Crippen molar-refractivity contribution < 1.29 is 80.2 Å². The van der Waals surface area contributed by atoms with E-state index < -0.39 is 97.5 Å². The summed E-state index contributed by atoms with van der Waals surface area (Å²) >= 11 is 0. The number of aliphatic hydroxyl groups excluding tert-OH is 1. The second kappa shape index (κ2) is 67.3. The molecule has 6 atom stereocenters. The van der Waals surface area contributed by atoms with Crippen LogP contribution in [0, 0.1) is 5.92 Å². The van der Waals surface area contributed by atoms with E-state index in [-0.39, 0.29) is 25.7 Å². The molecule has 3 N–H and O–H groups in total. The van der Waals surface area contributed by atoms with Crippen LogP contribution in [0.15, 0.2) is 0 Å². The second-order valence-corrected chi connectivity index (χ2v) is 29.8. The Morgan fingerprint density at radius 1 is 0.301 bits per heavy atom. The minimum Gasteiger partial charge on any atom is -0.462 e. The van der Waals surface area contributed by atoms with Gasteiger partial charge >= 0.3 is 39.5 Å². The standard InChI is InChI=1S/C74H144O17P2/c1-6-10-13-16-19-22-25-28-30-32-35-38-44-49-54-59-73(78)90-69(63-84-72(77)58-53-48-43-37-34-31-29-26-23-20-17-14-11-7-2)65-88-92(80,81)86-61-68(75)62-87-93(82,83)89-66-70(91-74(79)60-55-50-45-40-39-41-46-51-56-67(5)9-4)64-85-71(76)57-52-47-42-36-33-27-24-21-18-15-12-8-3/h67-70,75H,6-66H2,1-5H3,(H,80,81)(H,82,83)/t67?,68-,69-,70-/m1/s1. The van der Waals surface area contributed by atoms with Gasteiger partial charge in [0, 0.05) is 25.7 Å². The molecule has 0 aromatic heterocycles. The number of phosphoric ester groups is 2. The van der Waals surface area contributed by atoms with Crippen LogP contribution in [0.2, 0.25) is 0 Å². The van der Waals surface area contributed by atoms with E-state index in [0.717, 1.165) is 95.8 Å². The summed E-state index contributed by atoms with van der Waals surface area (Å²) in [5, 5.41) is 10.6. The van der Waals surface area contributed by atoms with Crippen LogP contribution in [0.1, 0.15) is 388 Å². The molecular formula is C74H144O17P2. The summed E-state index contributed by atoms with van der Waals surface area (Å²) in [5.74, 6) is -1.34. The van der Waals surface area contributed by atoms with Crippen molar-refractivity contribution in [3.63, 3.8) is 0 Å². The number of ether oxygens (including phenoxy) is 4. The Kier molecular flexibility index (Phi) is 65.9. The van der Waals surface area contributed by atoms with Crippen LogP contribution in [-0.4, -0.2) is 96.7 Å². The van der Waals surface area contributed by atoms with Gasteiger partial charge in [-0.05, 0) is 31.6 Å². The van der Waals surface area contributed by atoms with Gasteiger partial charge in [0.2, 0.25) is 0 Å². The normalized spacial score (nSPS) is 14.3. The summed E-state index contributed by atoms with van der Waals surface area (Å²) < 4.78 is 68.5. The first kappa shape index (κ1) is 91.1. The zero-order chi connectivity index (χ0) is 68.4. The number of carbonyl (C=O) groups is 4. The number of unbranched alkanes of at least 4 members (excludes halogenated alkanes) is 45. The van der Waals surface area contributed by atoms with Gasteiger partial charge in [0.15, 0.2) is 12.2 Å². The van der Waals surface area contributed by atoms with Crippen LogP contribution < -0.4 is 0 Å². The molecule has 552 valence electrons. The summed E-state index contributed by atoms with van der Waals surface area (Å²) in [5.41, 5.74) is 0. The Balaban J connectivity index is 5.26. The summed E-state index contributed by atoms with van der Waals surface area (Å²) in [6, 6.07) is 0. The van der Waals surface area contributed by atoms with Crippen LogP contribution in [0.25, 0.3) is 0 Å². The Morgan fingerprint density at radius 2 is 0.516 bits per heavy atom. The van der Waals surface area contributed by atoms with Gasteiger partial charge in [0.1, 0.15) is 19.3 Å². The molecule has 3 unspecified atom stereocenters. The zero-order valence-electron chi connectivity index (χ0n) is 60.4. The van der Waals surface area contributed by atoms with Crippen LogP contribution in [0.4, 0.5) is 0 Å². The first-order valence-corrected chi connectivity index (χ1v) is 41.7. The van der Waals surface area contributed by atoms with Crippen LogP contribution in [0.3, 0.4) is 0 Å². The quantitative estimate of drug-likeness (QED) is 0.0222. The molecule has 0 aliphatic carbocycles. The van der Waals surface area contributed by atoms with Crippen molar-refractivity contribution in [2.45, 2.75) is 406 Å². The van der Waals surface area contributed by atoms with Gasteiger partial charge in [-0.25, -0.2) is 9.13 Å². The van der Waals surface area contributed by atoms with Crippen molar-refractivity contribution in [3.05, 3.63) is 0 Å². The molecule has 0 spiro atoms. The van der Waals surface area contributed by atoms with E-state index in [2.05, 4.69) is 34.6 Å². The lowest BCUT2D eigenvalue weighted by molar-refractivity contribution is -0.161. The van der Waals surface area contributed by atoms with Crippen molar-refractivity contribution in [2.24, 2.45) is 5.92 Å². The SMILES string of the molecule is CCCCCCCCCCCCCCCCCC(=O)O[C@H](COC(=O)CCCCCCCCCCCCCCCC)COP(=O)(O)OC[C@@H](O)COP(=O)(O)OC[C@@H](COC(=O)CCCCCCCCCCCCCC)OC(=O)CCCCCCCCCCC(C)CC. The molecule has 0 aromatic carbocycles. The molecule has 0 rings (SSSR count). The van der Waals surface area contributed by atoms with E-state index in [9.17, 15) is 43.2 Å². The molecule has 0 amide bonds. The lowest BCUT2D eigenvalue weighted by atomic mass is 9.99. The Morgan fingerprint density at radius 3 is 0.763 bits per heavy atom. The van der Waals surface area contributed by atoms with Crippen molar-refractivity contribution in [1.29, 1.82) is 0 Å². The first-order chi connectivity index (χ1) is 45.1. The number of hydrogen-bond acceptors (Lipinski definition) is 15. The molecule has 0 saturated heterocycles. The van der Waals surface area contributed by atoms with Crippen molar-refractivity contribution in [2.75, 3.05) is 39.6 Å². The smallest absolute Gasteiger partial charge is 0.462 e. The average Bonchev–Trinajstić information content (AvgIpc) is 3.63. The summed E-state index contributed by atoms with van der Waals surface area (Å²) in [7, 11) is -9.91. The lowest BCUT2D eigenvalue weighted by Crippen LogP contribution is -2.30. The molecule has 0 aliphatic heterocycles. The third kappa shape index (κ3) is 67.0. The maximum absolute atomic E-state index is 13.1. The topological polar surface area (TPSA) is 237 Å². The maximum atomic E-state index is 13.1. The highest BCUT2D eigenvalue weighted by Gasteiger charge is 2.30. The largest absolute Gasteiger partial charge is 0.472 e. The van der Waals surface area contributed by atoms with Crippen LogP contribution >= 0.6 is 15.6 Å². The third-order valence-electron chi connectivity index (χ3n) is 17.6. The van der Waals surface area contributed by atoms with Crippen molar-refractivity contribution >= 4 is 39.5 Å². The van der Waals surface area contributed by atoms with Gasteiger partial charge in [-0.2, -0.15) is 0 Å². The van der Waals surface area contributed by atoms with Crippen molar-refractivity contribution in [3.8, 4) is 0 Å². The van der Waals surface area contributed by atoms with Gasteiger partial charge in [-0.15, -0.1) is 0 Å². The van der Waals surface area contributed by atoms with Gasteiger partial charge < -0.3 is 33.8 Å².